The number of sulfonamides is 1. The highest BCUT2D eigenvalue weighted by Gasteiger charge is 2.32. The Morgan fingerprint density at radius 1 is 1.08 bits per heavy atom. The highest BCUT2D eigenvalue weighted by molar-refractivity contribution is 7.89. The standard InChI is InChI=1S/C18H27N3O3S/c1-13-10-14(2)18(15(3)11-13)25(23,24)21-8-6-20(7-9-21)12-17(22)19-16-4-5-16/h10-11,16H,4-9,12H2,1-3H3,(H,19,22). The Balaban J connectivity index is 1.64. The monoisotopic (exact) mass is 365 g/mol. The molecule has 1 N–H and O–H groups in total. The number of benzene rings is 1. The normalized spacial score (nSPS) is 19.8. The molecule has 1 amide bonds. The van der Waals surface area contributed by atoms with Gasteiger partial charge in [0.15, 0.2) is 0 Å². The molecule has 0 atom stereocenters. The van der Waals surface area contributed by atoms with E-state index >= 15 is 0 Å². The van der Waals surface area contributed by atoms with E-state index in [0.29, 0.717) is 43.7 Å². The molecule has 6 nitrogen and oxygen atoms in total. The molecule has 25 heavy (non-hydrogen) atoms. The third-order valence-corrected chi connectivity index (χ3v) is 7.05. The molecule has 2 fully saturated rings. The maximum Gasteiger partial charge on any atom is 0.243 e. The summed E-state index contributed by atoms with van der Waals surface area (Å²) < 4.78 is 27.7. The Morgan fingerprint density at radius 2 is 1.64 bits per heavy atom. The van der Waals surface area contributed by atoms with Crippen molar-refractivity contribution in [2.24, 2.45) is 0 Å². The Kier molecular flexibility index (Phi) is 5.18. The number of amides is 1. The van der Waals surface area contributed by atoms with Gasteiger partial charge in [0, 0.05) is 32.2 Å². The SMILES string of the molecule is Cc1cc(C)c(S(=O)(=O)N2CCN(CC(=O)NC3CC3)CC2)c(C)c1. The summed E-state index contributed by atoms with van der Waals surface area (Å²) in [7, 11) is -3.49. The third kappa shape index (κ3) is 4.22. The first-order valence-electron chi connectivity index (χ1n) is 8.87. The first-order chi connectivity index (χ1) is 11.8. The largest absolute Gasteiger partial charge is 0.352 e. The fourth-order valence-corrected chi connectivity index (χ4v) is 5.37. The van der Waals surface area contributed by atoms with Gasteiger partial charge in [-0.2, -0.15) is 4.31 Å². The van der Waals surface area contributed by atoms with Crippen LogP contribution in [0.4, 0.5) is 0 Å². The molecule has 2 aliphatic rings. The first-order valence-corrected chi connectivity index (χ1v) is 10.3. The fourth-order valence-electron chi connectivity index (χ4n) is 3.53. The number of rotatable bonds is 5. The van der Waals surface area contributed by atoms with Crippen molar-refractivity contribution in [2.45, 2.75) is 44.6 Å². The molecule has 1 aliphatic heterocycles. The van der Waals surface area contributed by atoms with Crippen molar-refractivity contribution in [3.05, 3.63) is 28.8 Å². The lowest BCUT2D eigenvalue weighted by molar-refractivity contribution is -0.122. The number of aryl methyl sites for hydroxylation is 3. The molecular weight excluding hydrogens is 338 g/mol. The van der Waals surface area contributed by atoms with Crippen molar-refractivity contribution in [3.63, 3.8) is 0 Å². The zero-order valence-corrected chi connectivity index (χ0v) is 16.0. The first kappa shape index (κ1) is 18.4. The topological polar surface area (TPSA) is 69.7 Å². The quantitative estimate of drug-likeness (QED) is 0.851. The fraction of sp³-hybridized carbons (Fsp3) is 0.611. The molecular formula is C18H27N3O3S. The zero-order valence-electron chi connectivity index (χ0n) is 15.2. The maximum absolute atomic E-state index is 13.1. The minimum Gasteiger partial charge on any atom is -0.352 e. The molecule has 0 unspecified atom stereocenters. The third-order valence-electron chi connectivity index (χ3n) is 4.84. The summed E-state index contributed by atoms with van der Waals surface area (Å²) in [6.45, 7) is 8.05. The second-order valence-electron chi connectivity index (χ2n) is 7.25. The molecule has 3 rings (SSSR count). The number of hydrogen-bond acceptors (Lipinski definition) is 4. The molecule has 0 bridgehead atoms. The molecule has 0 aromatic heterocycles. The van der Waals surface area contributed by atoms with Gasteiger partial charge >= 0.3 is 0 Å². The van der Waals surface area contributed by atoms with Crippen LogP contribution in [0.5, 0.6) is 0 Å². The van der Waals surface area contributed by atoms with E-state index in [-0.39, 0.29) is 5.91 Å². The van der Waals surface area contributed by atoms with E-state index in [2.05, 4.69) is 5.32 Å². The lowest BCUT2D eigenvalue weighted by Crippen LogP contribution is -2.51. The predicted octanol–water partition coefficient (Wildman–Crippen LogP) is 1.20. The summed E-state index contributed by atoms with van der Waals surface area (Å²) in [5.41, 5.74) is 2.66. The molecule has 1 saturated carbocycles. The average Bonchev–Trinajstić information content (AvgIpc) is 3.30. The molecule has 0 radical (unpaired) electrons. The van der Waals surface area contributed by atoms with E-state index in [9.17, 15) is 13.2 Å². The van der Waals surface area contributed by atoms with Gasteiger partial charge in [-0.15, -0.1) is 0 Å². The second-order valence-corrected chi connectivity index (χ2v) is 9.12. The van der Waals surface area contributed by atoms with E-state index in [4.69, 9.17) is 0 Å². The summed E-state index contributed by atoms with van der Waals surface area (Å²) in [6.07, 6.45) is 2.15. The van der Waals surface area contributed by atoms with Gasteiger partial charge in [0.2, 0.25) is 15.9 Å². The Labute approximate surface area is 150 Å². The smallest absolute Gasteiger partial charge is 0.243 e. The number of carbonyl (C=O) groups is 1. The molecule has 1 aromatic rings. The van der Waals surface area contributed by atoms with Gasteiger partial charge in [0.1, 0.15) is 0 Å². The van der Waals surface area contributed by atoms with Gasteiger partial charge < -0.3 is 5.32 Å². The highest BCUT2D eigenvalue weighted by Crippen LogP contribution is 2.26. The van der Waals surface area contributed by atoms with Crippen LogP contribution >= 0.6 is 0 Å². The summed E-state index contributed by atoms with van der Waals surface area (Å²) in [6, 6.07) is 4.19. The summed E-state index contributed by atoms with van der Waals surface area (Å²) >= 11 is 0. The van der Waals surface area contributed by atoms with Crippen LogP contribution in [0, 0.1) is 20.8 Å². The van der Waals surface area contributed by atoms with Crippen LogP contribution < -0.4 is 5.32 Å². The van der Waals surface area contributed by atoms with Crippen LogP contribution in [0.2, 0.25) is 0 Å². The highest BCUT2D eigenvalue weighted by atomic mass is 32.2. The number of piperazine rings is 1. The van der Waals surface area contributed by atoms with E-state index in [1.165, 1.54) is 0 Å². The van der Waals surface area contributed by atoms with Crippen LogP contribution in [0.1, 0.15) is 29.5 Å². The van der Waals surface area contributed by atoms with Crippen LogP contribution in [0.15, 0.2) is 17.0 Å². The van der Waals surface area contributed by atoms with E-state index < -0.39 is 10.0 Å². The predicted molar refractivity (Wildman–Crippen MR) is 97.0 cm³/mol. The zero-order chi connectivity index (χ0) is 18.2. The summed E-state index contributed by atoms with van der Waals surface area (Å²) in [5.74, 6) is 0.0454. The Bertz CT molecular complexity index is 741. The van der Waals surface area contributed by atoms with E-state index in [1.807, 2.05) is 37.8 Å². The molecule has 0 spiro atoms. The minimum absolute atomic E-state index is 0.0454. The van der Waals surface area contributed by atoms with Crippen LogP contribution in [-0.4, -0.2) is 62.3 Å². The number of nitrogens with zero attached hydrogens (tertiary/aromatic N) is 2. The van der Waals surface area contributed by atoms with Gasteiger partial charge in [-0.25, -0.2) is 8.42 Å². The molecule has 7 heteroatoms. The van der Waals surface area contributed by atoms with Crippen molar-refractivity contribution < 1.29 is 13.2 Å². The molecule has 138 valence electrons. The van der Waals surface area contributed by atoms with Gasteiger partial charge in [0.05, 0.1) is 11.4 Å². The summed E-state index contributed by atoms with van der Waals surface area (Å²) in [4.78, 5) is 14.4. The van der Waals surface area contributed by atoms with Gasteiger partial charge in [-0.1, -0.05) is 17.7 Å². The van der Waals surface area contributed by atoms with Crippen molar-refractivity contribution >= 4 is 15.9 Å². The summed E-state index contributed by atoms with van der Waals surface area (Å²) in [5, 5.41) is 2.98. The number of carbonyl (C=O) groups excluding carboxylic acids is 1. The Hall–Kier alpha value is -1.44. The van der Waals surface area contributed by atoms with Crippen molar-refractivity contribution in [1.29, 1.82) is 0 Å². The molecule has 1 aliphatic carbocycles. The number of hydrogen-bond donors (Lipinski definition) is 1. The van der Waals surface area contributed by atoms with Gasteiger partial charge in [-0.3, -0.25) is 9.69 Å². The van der Waals surface area contributed by atoms with E-state index in [0.717, 1.165) is 29.5 Å². The van der Waals surface area contributed by atoms with Crippen molar-refractivity contribution in [3.8, 4) is 0 Å². The van der Waals surface area contributed by atoms with Crippen LogP contribution in [0.3, 0.4) is 0 Å². The lowest BCUT2D eigenvalue weighted by atomic mass is 10.1. The second kappa shape index (κ2) is 7.05. The lowest BCUT2D eigenvalue weighted by Gasteiger charge is -2.34. The molecule has 1 saturated heterocycles. The minimum atomic E-state index is -3.49. The van der Waals surface area contributed by atoms with Gasteiger partial charge in [-0.05, 0) is 44.7 Å². The molecule has 1 aromatic carbocycles. The van der Waals surface area contributed by atoms with Gasteiger partial charge in [0.25, 0.3) is 0 Å². The van der Waals surface area contributed by atoms with E-state index in [1.54, 1.807) is 4.31 Å². The van der Waals surface area contributed by atoms with Crippen LogP contribution in [0.25, 0.3) is 0 Å². The Morgan fingerprint density at radius 3 is 2.16 bits per heavy atom. The van der Waals surface area contributed by atoms with Crippen molar-refractivity contribution in [1.82, 2.24) is 14.5 Å². The average molecular weight is 365 g/mol. The van der Waals surface area contributed by atoms with Crippen LogP contribution in [-0.2, 0) is 14.8 Å². The molecule has 1 heterocycles. The maximum atomic E-state index is 13.1. The number of nitrogens with one attached hydrogen (secondary N) is 1. The van der Waals surface area contributed by atoms with Crippen molar-refractivity contribution in [2.75, 3.05) is 32.7 Å².